The van der Waals surface area contributed by atoms with Crippen molar-refractivity contribution in [2.45, 2.75) is 44.7 Å². The van der Waals surface area contributed by atoms with Crippen molar-refractivity contribution in [2.24, 2.45) is 5.73 Å². The van der Waals surface area contributed by atoms with E-state index in [9.17, 15) is 0 Å². The van der Waals surface area contributed by atoms with Gasteiger partial charge in [-0.15, -0.1) is 0 Å². The van der Waals surface area contributed by atoms with Gasteiger partial charge in [-0.2, -0.15) is 0 Å². The molecule has 118 valence electrons. The number of hydrogen-bond donors (Lipinski definition) is 1. The van der Waals surface area contributed by atoms with Crippen LogP contribution in [0.25, 0.3) is 0 Å². The van der Waals surface area contributed by atoms with Crippen LogP contribution in [0.1, 0.15) is 43.2 Å². The second kappa shape index (κ2) is 7.92. The Bertz CT molecular complexity index is 413. The maximum atomic E-state index is 6.05. The van der Waals surface area contributed by atoms with E-state index in [2.05, 4.69) is 55.1 Å². The zero-order valence-corrected chi connectivity index (χ0v) is 13.9. The average molecular weight is 289 g/mol. The quantitative estimate of drug-likeness (QED) is 0.874. The van der Waals surface area contributed by atoms with Crippen molar-refractivity contribution in [3.63, 3.8) is 0 Å². The highest BCUT2D eigenvalue weighted by atomic mass is 15.2. The van der Waals surface area contributed by atoms with Gasteiger partial charge in [-0.1, -0.05) is 30.7 Å². The van der Waals surface area contributed by atoms with Crippen LogP contribution in [0.3, 0.4) is 0 Å². The van der Waals surface area contributed by atoms with Crippen LogP contribution in [0.15, 0.2) is 24.3 Å². The molecule has 2 unspecified atom stereocenters. The molecule has 2 N–H and O–H groups in total. The topological polar surface area (TPSA) is 32.5 Å². The van der Waals surface area contributed by atoms with E-state index in [0.29, 0.717) is 12.0 Å². The zero-order chi connectivity index (χ0) is 15.2. The maximum Gasteiger partial charge on any atom is 0.0227 e. The number of likely N-dealkylation sites (tertiary alicyclic amines) is 1. The van der Waals surface area contributed by atoms with Gasteiger partial charge in [-0.05, 0) is 51.5 Å². The molecule has 1 aromatic carbocycles. The van der Waals surface area contributed by atoms with Gasteiger partial charge in [0.1, 0.15) is 0 Å². The van der Waals surface area contributed by atoms with Gasteiger partial charge in [-0.25, -0.2) is 0 Å². The fourth-order valence-electron chi connectivity index (χ4n) is 3.29. The predicted octanol–water partition coefficient (Wildman–Crippen LogP) is 2.66. The summed E-state index contributed by atoms with van der Waals surface area (Å²) in [5.74, 6) is 0.457. The molecule has 1 aliphatic heterocycles. The van der Waals surface area contributed by atoms with Gasteiger partial charge in [0.15, 0.2) is 0 Å². The molecular weight excluding hydrogens is 258 g/mol. The van der Waals surface area contributed by atoms with Crippen LogP contribution in [-0.4, -0.2) is 49.6 Å². The highest BCUT2D eigenvalue weighted by Crippen LogP contribution is 2.22. The highest BCUT2D eigenvalue weighted by molar-refractivity contribution is 5.26. The summed E-state index contributed by atoms with van der Waals surface area (Å²) < 4.78 is 0. The Morgan fingerprint density at radius 3 is 2.52 bits per heavy atom. The fourth-order valence-corrected chi connectivity index (χ4v) is 3.29. The van der Waals surface area contributed by atoms with Crippen molar-refractivity contribution in [1.29, 1.82) is 0 Å². The monoisotopic (exact) mass is 289 g/mol. The Hall–Kier alpha value is -0.900. The lowest BCUT2D eigenvalue weighted by Crippen LogP contribution is -2.41. The molecule has 2 rings (SSSR count). The molecule has 1 aliphatic rings. The first-order chi connectivity index (χ1) is 10.1. The summed E-state index contributed by atoms with van der Waals surface area (Å²) in [6.45, 7) is 6.42. The van der Waals surface area contributed by atoms with E-state index in [1.807, 2.05) is 0 Å². The summed E-state index contributed by atoms with van der Waals surface area (Å²) in [6, 6.07) is 9.74. The highest BCUT2D eigenvalue weighted by Gasteiger charge is 2.22. The second-order valence-corrected chi connectivity index (χ2v) is 6.75. The van der Waals surface area contributed by atoms with E-state index in [1.165, 1.54) is 36.9 Å². The Labute approximate surface area is 130 Å². The van der Waals surface area contributed by atoms with Crippen LogP contribution >= 0.6 is 0 Å². The minimum Gasteiger partial charge on any atom is -0.330 e. The lowest BCUT2D eigenvalue weighted by molar-refractivity contribution is 0.152. The fraction of sp³-hybridized carbons (Fsp3) is 0.667. The molecule has 0 aromatic heterocycles. The van der Waals surface area contributed by atoms with Gasteiger partial charge in [-0.3, -0.25) is 0 Å². The van der Waals surface area contributed by atoms with Gasteiger partial charge >= 0.3 is 0 Å². The molecule has 1 aromatic rings. The number of benzene rings is 1. The SMILES string of the molecule is CC1CCCCN1CC(CN)c1ccc(CN(C)C)cc1. The normalized spacial score (nSPS) is 21.7. The molecule has 21 heavy (non-hydrogen) atoms. The van der Waals surface area contributed by atoms with Crippen molar-refractivity contribution in [3.05, 3.63) is 35.4 Å². The van der Waals surface area contributed by atoms with Gasteiger partial charge in [0.2, 0.25) is 0 Å². The van der Waals surface area contributed by atoms with Crippen LogP contribution in [-0.2, 0) is 6.54 Å². The van der Waals surface area contributed by atoms with E-state index in [-0.39, 0.29) is 0 Å². The van der Waals surface area contributed by atoms with Crippen LogP contribution in [0.5, 0.6) is 0 Å². The molecule has 1 saturated heterocycles. The molecule has 3 nitrogen and oxygen atoms in total. The maximum absolute atomic E-state index is 6.05. The van der Waals surface area contributed by atoms with E-state index in [1.54, 1.807) is 0 Å². The second-order valence-electron chi connectivity index (χ2n) is 6.75. The van der Waals surface area contributed by atoms with E-state index >= 15 is 0 Å². The minimum atomic E-state index is 0.457. The van der Waals surface area contributed by atoms with Crippen molar-refractivity contribution in [3.8, 4) is 0 Å². The number of nitrogens with zero attached hydrogens (tertiary/aromatic N) is 2. The number of piperidine rings is 1. The van der Waals surface area contributed by atoms with Crippen LogP contribution in [0.2, 0.25) is 0 Å². The van der Waals surface area contributed by atoms with Crippen molar-refractivity contribution >= 4 is 0 Å². The largest absolute Gasteiger partial charge is 0.330 e. The Kier molecular flexibility index (Phi) is 6.22. The number of rotatable bonds is 6. The molecule has 0 bridgehead atoms. The molecule has 0 radical (unpaired) electrons. The lowest BCUT2D eigenvalue weighted by Gasteiger charge is -2.35. The van der Waals surface area contributed by atoms with Crippen LogP contribution < -0.4 is 5.73 Å². The summed E-state index contributed by atoms with van der Waals surface area (Å²) in [6.07, 6.45) is 4.05. The van der Waals surface area contributed by atoms with Crippen LogP contribution in [0, 0.1) is 0 Å². The van der Waals surface area contributed by atoms with Gasteiger partial charge in [0.25, 0.3) is 0 Å². The van der Waals surface area contributed by atoms with Crippen molar-refractivity contribution in [1.82, 2.24) is 9.80 Å². The summed E-state index contributed by atoms with van der Waals surface area (Å²) >= 11 is 0. The third-order valence-electron chi connectivity index (χ3n) is 4.63. The van der Waals surface area contributed by atoms with Crippen molar-refractivity contribution < 1.29 is 0 Å². The van der Waals surface area contributed by atoms with Gasteiger partial charge in [0, 0.05) is 31.6 Å². The van der Waals surface area contributed by atoms with Gasteiger partial charge < -0.3 is 15.5 Å². The number of nitrogens with two attached hydrogens (primary N) is 1. The summed E-state index contributed by atoms with van der Waals surface area (Å²) in [5, 5.41) is 0. The summed E-state index contributed by atoms with van der Waals surface area (Å²) in [5.41, 5.74) is 8.80. The zero-order valence-electron chi connectivity index (χ0n) is 13.9. The first kappa shape index (κ1) is 16.5. The third kappa shape index (κ3) is 4.80. The smallest absolute Gasteiger partial charge is 0.0227 e. The molecule has 0 amide bonds. The standard InChI is InChI=1S/C18H31N3/c1-15-6-4-5-11-21(15)14-18(12-19)17-9-7-16(8-10-17)13-20(2)3/h7-10,15,18H,4-6,11-14,19H2,1-3H3. The molecule has 0 saturated carbocycles. The molecule has 0 spiro atoms. The predicted molar refractivity (Wildman–Crippen MR) is 90.5 cm³/mol. The Balaban J connectivity index is 1.99. The summed E-state index contributed by atoms with van der Waals surface area (Å²) in [7, 11) is 4.21. The van der Waals surface area contributed by atoms with E-state index in [0.717, 1.165) is 19.6 Å². The van der Waals surface area contributed by atoms with Crippen molar-refractivity contribution in [2.75, 3.05) is 33.7 Å². The first-order valence-corrected chi connectivity index (χ1v) is 8.28. The van der Waals surface area contributed by atoms with E-state index in [4.69, 9.17) is 5.73 Å². The minimum absolute atomic E-state index is 0.457. The Morgan fingerprint density at radius 2 is 1.95 bits per heavy atom. The Morgan fingerprint density at radius 1 is 1.24 bits per heavy atom. The average Bonchev–Trinajstić information content (AvgIpc) is 2.47. The molecule has 2 atom stereocenters. The first-order valence-electron chi connectivity index (χ1n) is 8.28. The molecule has 1 heterocycles. The van der Waals surface area contributed by atoms with E-state index < -0.39 is 0 Å². The lowest BCUT2D eigenvalue weighted by atomic mass is 9.95. The van der Waals surface area contributed by atoms with Crippen LogP contribution in [0.4, 0.5) is 0 Å². The molecule has 3 heteroatoms. The molecular formula is C18H31N3. The summed E-state index contributed by atoms with van der Waals surface area (Å²) in [4.78, 5) is 4.82. The molecule has 1 fully saturated rings. The van der Waals surface area contributed by atoms with Gasteiger partial charge in [0.05, 0.1) is 0 Å². The third-order valence-corrected chi connectivity index (χ3v) is 4.63. The number of hydrogen-bond acceptors (Lipinski definition) is 3. The molecule has 0 aliphatic carbocycles.